The van der Waals surface area contributed by atoms with Crippen molar-refractivity contribution in [3.05, 3.63) is 60.2 Å². The highest BCUT2D eigenvalue weighted by molar-refractivity contribution is 5.77. The van der Waals surface area contributed by atoms with Gasteiger partial charge in [0.15, 0.2) is 0 Å². The van der Waals surface area contributed by atoms with E-state index < -0.39 is 0 Å². The molecule has 0 radical (unpaired) electrons. The summed E-state index contributed by atoms with van der Waals surface area (Å²) < 4.78 is 5.37. The molecule has 2 aromatic rings. The molecule has 1 unspecified atom stereocenters. The maximum Gasteiger partial charge on any atom is 0.344 e. The van der Waals surface area contributed by atoms with E-state index in [0.717, 1.165) is 37.0 Å². The van der Waals surface area contributed by atoms with Crippen LogP contribution in [0.5, 0.6) is 5.75 Å². The summed E-state index contributed by atoms with van der Waals surface area (Å²) in [7, 11) is 0. The second-order valence-electron chi connectivity index (χ2n) is 5.98. The quantitative estimate of drug-likeness (QED) is 0.299. The Hall–Kier alpha value is -2.69. The van der Waals surface area contributed by atoms with Crippen molar-refractivity contribution >= 4 is 11.7 Å². The molecule has 0 N–H and O–H groups in total. The van der Waals surface area contributed by atoms with Crippen LogP contribution in [-0.4, -0.2) is 12.6 Å². The van der Waals surface area contributed by atoms with E-state index in [1.807, 2.05) is 37.3 Å². The van der Waals surface area contributed by atoms with Gasteiger partial charge in [0.1, 0.15) is 5.75 Å². The van der Waals surface area contributed by atoms with E-state index in [-0.39, 0.29) is 11.9 Å². The van der Waals surface area contributed by atoms with Gasteiger partial charge in [0.2, 0.25) is 0 Å². The lowest BCUT2D eigenvalue weighted by molar-refractivity contribution is -0.146. The number of unbranched alkanes of at least 4 members (excludes halogenated alkanes) is 2. The van der Waals surface area contributed by atoms with E-state index in [4.69, 9.17) is 9.57 Å². The van der Waals surface area contributed by atoms with Crippen LogP contribution < -0.4 is 4.74 Å². The summed E-state index contributed by atoms with van der Waals surface area (Å²) >= 11 is 0. The van der Waals surface area contributed by atoms with Crippen molar-refractivity contribution in [1.82, 2.24) is 0 Å². The first kappa shape index (κ1) is 19.6. The van der Waals surface area contributed by atoms with E-state index in [2.05, 4.69) is 17.3 Å². The lowest BCUT2D eigenvalue weighted by atomic mass is 9.93. The average Bonchev–Trinajstić information content (AvgIpc) is 2.67. The lowest BCUT2D eigenvalue weighted by Crippen LogP contribution is -2.13. The normalized spacial score (nSPS) is 12.1. The molecule has 1 atom stereocenters. The molecule has 2 rings (SSSR count). The van der Waals surface area contributed by atoms with Gasteiger partial charge in [0.25, 0.3) is 0 Å². The predicted octanol–water partition coefficient (Wildman–Crippen LogP) is 5.99. The van der Waals surface area contributed by atoms with Crippen LogP contribution in [0.4, 0.5) is 5.69 Å². The summed E-state index contributed by atoms with van der Waals surface area (Å²) in [5.74, 6) is 0.0764. The van der Waals surface area contributed by atoms with Gasteiger partial charge in [-0.05, 0) is 43.2 Å². The van der Waals surface area contributed by atoms with Gasteiger partial charge in [0.05, 0.1) is 18.2 Å². The van der Waals surface area contributed by atoms with Crippen LogP contribution in [-0.2, 0) is 9.63 Å². The maximum atomic E-state index is 12.5. The smallest absolute Gasteiger partial charge is 0.344 e. The second kappa shape index (κ2) is 11.0. The third-order valence-corrected chi connectivity index (χ3v) is 4.02. The molecular formula is C21H26N2O3. The Labute approximate surface area is 155 Å². The summed E-state index contributed by atoms with van der Waals surface area (Å²) in [6, 6.07) is 16.8. The zero-order valence-corrected chi connectivity index (χ0v) is 15.4. The van der Waals surface area contributed by atoms with Crippen LogP contribution in [0.3, 0.4) is 0 Å². The Morgan fingerprint density at radius 3 is 2.38 bits per heavy atom. The predicted molar refractivity (Wildman–Crippen MR) is 102 cm³/mol. The highest BCUT2D eigenvalue weighted by Crippen LogP contribution is 2.25. The van der Waals surface area contributed by atoms with E-state index in [1.165, 1.54) is 0 Å². The Morgan fingerprint density at radius 2 is 1.73 bits per heavy atom. The van der Waals surface area contributed by atoms with Crippen LogP contribution in [0, 0.1) is 0 Å². The Morgan fingerprint density at radius 1 is 1.00 bits per heavy atom. The summed E-state index contributed by atoms with van der Waals surface area (Å²) in [5, 5.41) is 7.57. The molecule has 0 aliphatic heterocycles. The summed E-state index contributed by atoms with van der Waals surface area (Å²) in [6.45, 7) is 4.68. The fourth-order valence-corrected chi connectivity index (χ4v) is 2.65. The van der Waals surface area contributed by atoms with Crippen molar-refractivity contribution in [1.29, 1.82) is 0 Å². The maximum absolute atomic E-state index is 12.5. The molecule has 0 amide bonds. The largest absolute Gasteiger partial charge is 0.494 e. The fraction of sp³-hybridized carbons (Fsp3) is 0.381. The fourth-order valence-electron chi connectivity index (χ4n) is 2.65. The summed E-state index contributed by atoms with van der Waals surface area (Å²) in [5.41, 5.74) is 1.55. The van der Waals surface area contributed by atoms with Crippen LogP contribution in [0.1, 0.15) is 51.0 Å². The van der Waals surface area contributed by atoms with E-state index in [1.54, 1.807) is 24.3 Å². The second-order valence-corrected chi connectivity index (χ2v) is 5.98. The highest BCUT2D eigenvalue weighted by atomic mass is 16.7. The van der Waals surface area contributed by atoms with Crippen molar-refractivity contribution < 1.29 is 14.4 Å². The number of benzene rings is 2. The van der Waals surface area contributed by atoms with E-state index >= 15 is 0 Å². The van der Waals surface area contributed by atoms with Gasteiger partial charge in [-0.25, -0.2) is 4.79 Å². The number of carbonyl (C=O) groups is 1. The van der Waals surface area contributed by atoms with Crippen LogP contribution in [0.25, 0.3) is 0 Å². The van der Waals surface area contributed by atoms with Crippen molar-refractivity contribution in [2.45, 2.75) is 45.4 Å². The topological polar surface area (TPSA) is 60.2 Å². The van der Waals surface area contributed by atoms with Crippen molar-refractivity contribution in [2.24, 2.45) is 10.4 Å². The molecule has 5 heteroatoms. The summed E-state index contributed by atoms with van der Waals surface area (Å²) in [4.78, 5) is 17.5. The van der Waals surface area contributed by atoms with Gasteiger partial charge in [-0.3, -0.25) is 4.84 Å². The monoisotopic (exact) mass is 354 g/mol. The minimum absolute atomic E-state index is 0.318. The molecule has 0 fully saturated rings. The SMILES string of the molecule is CCCCCC(C(=O)ON=Nc1ccc(OCC)cc1)c1ccccc1. The minimum Gasteiger partial charge on any atom is -0.494 e. The Kier molecular flexibility index (Phi) is 8.33. The molecule has 2 aromatic carbocycles. The first-order chi connectivity index (χ1) is 12.7. The van der Waals surface area contributed by atoms with Gasteiger partial charge < -0.3 is 4.74 Å². The summed E-state index contributed by atoms with van der Waals surface area (Å²) in [6.07, 6.45) is 3.91. The third kappa shape index (κ3) is 6.31. The van der Waals surface area contributed by atoms with Gasteiger partial charge in [-0.15, -0.1) is 5.11 Å². The number of nitrogens with zero attached hydrogens (tertiary/aromatic N) is 2. The number of ether oxygens (including phenoxy) is 1. The van der Waals surface area contributed by atoms with E-state index in [9.17, 15) is 4.79 Å². The average molecular weight is 354 g/mol. The molecular weight excluding hydrogens is 328 g/mol. The third-order valence-electron chi connectivity index (χ3n) is 4.02. The molecule has 0 bridgehead atoms. The Bertz CT molecular complexity index is 684. The molecule has 0 heterocycles. The van der Waals surface area contributed by atoms with Crippen LogP contribution in [0.15, 0.2) is 65.0 Å². The molecule has 0 saturated heterocycles. The van der Waals surface area contributed by atoms with Gasteiger partial charge in [-0.1, -0.05) is 56.5 Å². The van der Waals surface area contributed by atoms with Crippen LogP contribution in [0.2, 0.25) is 0 Å². The minimum atomic E-state index is -0.373. The number of hydrogen-bond donors (Lipinski definition) is 0. The zero-order valence-electron chi connectivity index (χ0n) is 15.4. The van der Waals surface area contributed by atoms with Crippen molar-refractivity contribution in [3.63, 3.8) is 0 Å². The molecule has 0 aliphatic carbocycles. The number of carbonyl (C=O) groups excluding carboxylic acids is 1. The Balaban J connectivity index is 1.97. The standard InChI is InChI=1S/C21H26N2O3/c1-3-5-7-12-20(17-10-8-6-9-11-17)21(24)26-23-22-18-13-15-19(16-14-18)25-4-2/h6,8-11,13-16,20H,3-5,7,12H2,1-2H3. The molecule has 5 nitrogen and oxygen atoms in total. The van der Waals surface area contributed by atoms with Crippen molar-refractivity contribution in [2.75, 3.05) is 6.61 Å². The molecule has 0 aromatic heterocycles. The molecule has 0 saturated carbocycles. The highest BCUT2D eigenvalue weighted by Gasteiger charge is 2.22. The van der Waals surface area contributed by atoms with Gasteiger partial charge in [-0.2, -0.15) is 0 Å². The number of rotatable bonds is 10. The first-order valence-electron chi connectivity index (χ1n) is 9.14. The first-order valence-corrected chi connectivity index (χ1v) is 9.14. The molecule has 0 spiro atoms. The lowest BCUT2D eigenvalue weighted by Gasteiger charge is -2.13. The van der Waals surface area contributed by atoms with E-state index in [0.29, 0.717) is 12.3 Å². The molecule has 0 aliphatic rings. The zero-order chi connectivity index (χ0) is 18.6. The molecule has 26 heavy (non-hydrogen) atoms. The van der Waals surface area contributed by atoms with Crippen LogP contribution >= 0.6 is 0 Å². The number of hydrogen-bond acceptors (Lipinski definition) is 5. The van der Waals surface area contributed by atoms with Gasteiger partial charge >= 0.3 is 5.97 Å². The van der Waals surface area contributed by atoms with Gasteiger partial charge in [0, 0.05) is 5.28 Å². The van der Waals surface area contributed by atoms with Crippen molar-refractivity contribution in [3.8, 4) is 5.75 Å². The molecule has 138 valence electrons.